The smallest absolute Gasteiger partial charge is 0.134 e. The third-order valence-corrected chi connectivity index (χ3v) is 4.14. The molecule has 124 valence electrons. The fourth-order valence-corrected chi connectivity index (χ4v) is 2.80. The van der Waals surface area contributed by atoms with Crippen LogP contribution in [0.5, 0.6) is 5.75 Å². The van der Waals surface area contributed by atoms with Crippen molar-refractivity contribution in [2.24, 2.45) is 0 Å². The molecule has 0 heterocycles. The Balaban J connectivity index is 1.78. The standard InChI is InChI=1S/C19H25BrN2O/c1-22(2)12-6-11-21-14-17-9-10-19(18(20)13-17)23-15-16-7-4-3-5-8-16/h3-5,7-10,13,21H,6,11-12,14-15H2,1-2H3. The number of hydrogen-bond donors (Lipinski definition) is 1. The largest absolute Gasteiger partial charge is 0.488 e. The minimum Gasteiger partial charge on any atom is -0.488 e. The predicted molar refractivity (Wildman–Crippen MR) is 99.8 cm³/mol. The molecule has 0 saturated carbocycles. The van der Waals surface area contributed by atoms with Gasteiger partial charge in [-0.3, -0.25) is 0 Å². The summed E-state index contributed by atoms with van der Waals surface area (Å²) >= 11 is 3.60. The number of nitrogens with one attached hydrogen (secondary N) is 1. The predicted octanol–water partition coefficient (Wildman–Crippen LogP) is 4.07. The van der Waals surface area contributed by atoms with Crippen LogP contribution in [0, 0.1) is 0 Å². The molecule has 2 aromatic rings. The second kappa shape index (κ2) is 9.71. The van der Waals surface area contributed by atoms with Gasteiger partial charge >= 0.3 is 0 Å². The van der Waals surface area contributed by atoms with E-state index in [2.05, 4.69) is 64.5 Å². The van der Waals surface area contributed by atoms with Crippen LogP contribution in [-0.4, -0.2) is 32.1 Å². The lowest BCUT2D eigenvalue weighted by molar-refractivity contribution is 0.304. The van der Waals surface area contributed by atoms with E-state index in [0.29, 0.717) is 6.61 Å². The molecular formula is C19H25BrN2O. The zero-order valence-electron chi connectivity index (χ0n) is 13.9. The molecule has 23 heavy (non-hydrogen) atoms. The lowest BCUT2D eigenvalue weighted by atomic mass is 10.2. The van der Waals surface area contributed by atoms with Gasteiger partial charge in [0.2, 0.25) is 0 Å². The van der Waals surface area contributed by atoms with Gasteiger partial charge in [0.25, 0.3) is 0 Å². The molecule has 0 spiro atoms. The van der Waals surface area contributed by atoms with Gasteiger partial charge in [-0.25, -0.2) is 0 Å². The van der Waals surface area contributed by atoms with Crippen molar-refractivity contribution in [2.45, 2.75) is 19.6 Å². The number of nitrogens with zero attached hydrogens (tertiary/aromatic N) is 1. The summed E-state index contributed by atoms with van der Waals surface area (Å²) in [6.07, 6.45) is 1.16. The Hall–Kier alpha value is -1.36. The first kappa shape index (κ1) is 18.0. The molecule has 0 aliphatic carbocycles. The fraction of sp³-hybridized carbons (Fsp3) is 0.368. The number of hydrogen-bond acceptors (Lipinski definition) is 3. The third kappa shape index (κ3) is 6.73. The highest BCUT2D eigenvalue weighted by molar-refractivity contribution is 9.10. The highest BCUT2D eigenvalue weighted by atomic mass is 79.9. The van der Waals surface area contributed by atoms with Crippen LogP contribution in [0.2, 0.25) is 0 Å². The normalized spacial score (nSPS) is 11.0. The van der Waals surface area contributed by atoms with E-state index in [4.69, 9.17) is 4.74 Å². The molecule has 0 radical (unpaired) electrons. The molecule has 0 aliphatic rings. The van der Waals surface area contributed by atoms with Crippen molar-refractivity contribution in [3.63, 3.8) is 0 Å². The van der Waals surface area contributed by atoms with Gasteiger partial charge in [0.1, 0.15) is 12.4 Å². The first-order valence-corrected chi connectivity index (χ1v) is 8.75. The Morgan fingerprint density at radius 2 is 1.83 bits per heavy atom. The topological polar surface area (TPSA) is 24.5 Å². The Morgan fingerprint density at radius 3 is 2.52 bits per heavy atom. The molecule has 0 bridgehead atoms. The SMILES string of the molecule is CN(C)CCCNCc1ccc(OCc2ccccc2)c(Br)c1. The molecule has 0 unspecified atom stereocenters. The van der Waals surface area contributed by atoms with E-state index < -0.39 is 0 Å². The molecule has 0 fully saturated rings. The lowest BCUT2D eigenvalue weighted by Gasteiger charge is -2.12. The van der Waals surface area contributed by atoms with Crippen LogP contribution in [-0.2, 0) is 13.2 Å². The minimum absolute atomic E-state index is 0.585. The summed E-state index contributed by atoms with van der Waals surface area (Å²) in [5.41, 5.74) is 2.43. The summed E-state index contributed by atoms with van der Waals surface area (Å²) in [6, 6.07) is 16.5. The molecule has 4 heteroatoms. The summed E-state index contributed by atoms with van der Waals surface area (Å²) in [4.78, 5) is 2.21. The van der Waals surface area contributed by atoms with Crippen LogP contribution < -0.4 is 10.1 Å². The van der Waals surface area contributed by atoms with E-state index in [-0.39, 0.29) is 0 Å². The monoisotopic (exact) mass is 376 g/mol. The van der Waals surface area contributed by atoms with Gasteiger partial charge < -0.3 is 15.0 Å². The van der Waals surface area contributed by atoms with Crippen LogP contribution in [0.3, 0.4) is 0 Å². The van der Waals surface area contributed by atoms with Crippen LogP contribution >= 0.6 is 15.9 Å². The van der Waals surface area contributed by atoms with E-state index >= 15 is 0 Å². The highest BCUT2D eigenvalue weighted by Crippen LogP contribution is 2.26. The quantitative estimate of drug-likeness (QED) is 0.667. The summed E-state index contributed by atoms with van der Waals surface area (Å²) in [6.45, 7) is 3.61. The summed E-state index contributed by atoms with van der Waals surface area (Å²) in [5.74, 6) is 0.880. The van der Waals surface area contributed by atoms with Gasteiger partial charge in [-0.2, -0.15) is 0 Å². The van der Waals surface area contributed by atoms with Crippen LogP contribution in [0.1, 0.15) is 17.5 Å². The van der Waals surface area contributed by atoms with Gasteiger partial charge in [0.05, 0.1) is 4.47 Å². The van der Waals surface area contributed by atoms with Gasteiger partial charge in [-0.1, -0.05) is 36.4 Å². The van der Waals surface area contributed by atoms with Crippen molar-refractivity contribution < 1.29 is 4.74 Å². The van der Waals surface area contributed by atoms with Gasteiger partial charge in [-0.15, -0.1) is 0 Å². The summed E-state index contributed by atoms with van der Waals surface area (Å²) in [7, 11) is 4.20. The maximum atomic E-state index is 5.87. The van der Waals surface area contributed by atoms with E-state index in [1.54, 1.807) is 0 Å². The summed E-state index contributed by atoms with van der Waals surface area (Å²) < 4.78 is 6.88. The molecular weight excluding hydrogens is 352 g/mol. The minimum atomic E-state index is 0.585. The number of benzene rings is 2. The number of ether oxygens (including phenoxy) is 1. The maximum Gasteiger partial charge on any atom is 0.134 e. The molecule has 0 saturated heterocycles. The first-order chi connectivity index (χ1) is 11.1. The van der Waals surface area contributed by atoms with Crippen molar-refractivity contribution in [3.8, 4) is 5.75 Å². The molecule has 0 amide bonds. The number of rotatable bonds is 9. The molecule has 2 aromatic carbocycles. The molecule has 0 atom stereocenters. The van der Waals surface area contributed by atoms with Crippen molar-refractivity contribution in [3.05, 3.63) is 64.1 Å². The Bertz CT molecular complexity index is 587. The Kier molecular flexibility index (Phi) is 7.59. The molecule has 1 N–H and O–H groups in total. The first-order valence-electron chi connectivity index (χ1n) is 7.96. The average molecular weight is 377 g/mol. The van der Waals surface area contributed by atoms with E-state index in [0.717, 1.165) is 36.3 Å². The van der Waals surface area contributed by atoms with Crippen molar-refractivity contribution >= 4 is 15.9 Å². The van der Waals surface area contributed by atoms with Crippen molar-refractivity contribution in [1.29, 1.82) is 0 Å². The Morgan fingerprint density at radius 1 is 1.04 bits per heavy atom. The van der Waals surface area contributed by atoms with Crippen LogP contribution in [0.4, 0.5) is 0 Å². The number of halogens is 1. The second-order valence-corrected chi connectivity index (χ2v) is 6.73. The molecule has 3 nitrogen and oxygen atoms in total. The highest BCUT2D eigenvalue weighted by Gasteiger charge is 2.03. The van der Waals surface area contributed by atoms with Gasteiger partial charge in [-0.05, 0) is 72.8 Å². The fourth-order valence-electron chi connectivity index (χ4n) is 2.26. The molecule has 2 rings (SSSR count). The third-order valence-electron chi connectivity index (χ3n) is 3.52. The Labute approximate surface area is 147 Å². The maximum absolute atomic E-state index is 5.87. The zero-order valence-corrected chi connectivity index (χ0v) is 15.5. The van der Waals surface area contributed by atoms with Gasteiger partial charge in [0, 0.05) is 6.54 Å². The average Bonchev–Trinajstić information content (AvgIpc) is 2.54. The van der Waals surface area contributed by atoms with Crippen LogP contribution in [0.25, 0.3) is 0 Å². The van der Waals surface area contributed by atoms with Gasteiger partial charge in [0.15, 0.2) is 0 Å². The zero-order chi connectivity index (χ0) is 16.5. The molecule has 0 aliphatic heterocycles. The lowest BCUT2D eigenvalue weighted by Crippen LogP contribution is -2.21. The van der Waals surface area contributed by atoms with Crippen molar-refractivity contribution in [1.82, 2.24) is 10.2 Å². The second-order valence-electron chi connectivity index (χ2n) is 5.87. The van der Waals surface area contributed by atoms with Crippen molar-refractivity contribution in [2.75, 3.05) is 27.2 Å². The van der Waals surface area contributed by atoms with E-state index in [1.165, 1.54) is 11.1 Å². The molecule has 0 aromatic heterocycles. The van der Waals surface area contributed by atoms with E-state index in [9.17, 15) is 0 Å². The van der Waals surface area contributed by atoms with E-state index in [1.807, 2.05) is 24.3 Å². The van der Waals surface area contributed by atoms with Crippen LogP contribution in [0.15, 0.2) is 53.0 Å². The summed E-state index contributed by atoms with van der Waals surface area (Å²) in [5, 5.41) is 3.47.